The van der Waals surface area contributed by atoms with Crippen LogP contribution in [0.15, 0.2) is 59.2 Å². The first-order chi connectivity index (χ1) is 18.6. The topological polar surface area (TPSA) is 97.2 Å². The molecular weight excluding hydrogens is 552 g/mol. The zero-order valence-corrected chi connectivity index (χ0v) is 22.9. The number of benzene rings is 2. The number of piperazine rings is 1. The van der Waals surface area contributed by atoms with E-state index in [1.807, 2.05) is 40.1 Å². The van der Waals surface area contributed by atoms with E-state index in [0.29, 0.717) is 53.5 Å². The van der Waals surface area contributed by atoms with Crippen LogP contribution in [0.3, 0.4) is 0 Å². The highest BCUT2D eigenvalue weighted by atomic mass is 79.9. The Balaban J connectivity index is 1.62. The normalized spacial score (nSPS) is 13.2. The van der Waals surface area contributed by atoms with Crippen LogP contribution < -0.4 is 14.4 Å². The van der Waals surface area contributed by atoms with E-state index in [-0.39, 0.29) is 25.9 Å². The van der Waals surface area contributed by atoms with Gasteiger partial charge < -0.3 is 28.7 Å². The number of carbonyl (C=O) groups is 1. The zero-order valence-electron chi connectivity index (χ0n) is 21.4. The SMILES string of the molecule is COCOc1cc(OCOC)c(-c2ccccc2)c(CC(=O)N2CCN(c3ncccc3C#N)CC2)c1Br. The molecule has 2 heterocycles. The molecule has 0 radical (unpaired) electrons. The molecule has 1 aromatic heterocycles. The van der Waals surface area contributed by atoms with E-state index in [0.717, 1.165) is 16.7 Å². The number of ether oxygens (including phenoxy) is 4. The average Bonchev–Trinajstić information content (AvgIpc) is 2.97. The number of methoxy groups -OCH3 is 2. The lowest BCUT2D eigenvalue weighted by Gasteiger charge is -2.36. The molecule has 4 rings (SSSR count). The van der Waals surface area contributed by atoms with Crippen molar-refractivity contribution < 1.29 is 23.7 Å². The van der Waals surface area contributed by atoms with Gasteiger partial charge in [0, 0.05) is 58.2 Å². The van der Waals surface area contributed by atoms with Crippen LogP contribution in [-0.4, -0.2) is 69.8 Å². The largest absolute Gasteiger partial charge is 0.467 e. The van der Waals surface area contributed by atoms with Gasteiger partial charge in [-0.2, -0.15) is 5.26 Å². The molecule has 0 saturated carbocycles. The van der Waals surface area contributed by atoms with Gasteiger partial charge in [-0.3, -0.25) is 4.79 Å². The molecule has 10 heteroatoms. The molecule has 0 bridgehead atoms. The number of nitriles is 1. The van der Waals surface area contributed by atoms with Crippen LogP contribution in [0.2, 0.25) is 0 Å². The van der Waals surface area contributed by atoms with Crippen molar-refractivity contribution in [2.45, 2.75) is 6.42 Å². The fourth-order valence-electron chi connectivity index (χ4n) is 4.38. The summed E-state index contributed by atoms with van der Waals surface area (Å²) >= 11 is 3.69. The Morgan fingerprint density at radius 1 is 1.00 bits per heavy atom. The second-order valence-corrected chi connectivity index (χ2v) is 9.33. The van der Waals surface area contributed by atoms with Gasteiger partial charge in [0.05, 0.1) is 16.5 Å². The van der Waals surface area contributed by atoms with E-state index < -0.39 is 0 Å². The fourth-order valence-corrected chi connectivity index (χ4v) is 4.95. The van der Waals surface area contributed by atoms with Gasteiger partial charge in [-0.05, 0) is 39.2 Å². The van der Waals surface area contributed by atoms with Crippen molar-refractivity contribution in [3.8, 4) is 28.7 Å². The number of nitrogens with zero attached hydrogens (tertiary/aromatic N) is 4. The van der Waals surface area contributed by atoms with Crippen molar-refractivity contribution in [1.82, 2.24) is 9.88 Å². The second kappa shape index (κ2) is 13.2. The lowest BCUT2D eigenvalue weighted by Crippen LogP contribution is -2.49. The minimum Gasteiger partial charge on any atom is -0.467 e. The number of hydrogen-bond acceptors (Lipinski definition) is 8. The third-order valence-corrected chi connectivity index (χ3v) is 7.06. The number of halogens is 1. The molecule has 0 aliphatic carbocycles. The zero-order chi connectivity index (χ0) is 26.9. The van der Waals surface area contributed by atoms with Crippen LogP contribution in [0.1, 0.15) is 11.1 Å². The molecule has 1 saturated heterocycles. The molecule has 38 heavy (non-hydrogen) atoms. The highest BCUT2D eigenvalue weighted by Crippen LogP contribution is 2.44. The number of hydrogen-bond donors (Lipinski definition) is 0. The monoisotopic (exact) mass is 580 g/mol. The molecule has 1 fully saturated rings. The van der Waals surface area contributed by atoms with Gasteiger partial charge in [0.25, 0.3) is 0 Å². The maximum Gasteiger partial charge on any atom is 0.227 e. The van der Waals surface area contributed by atoms with Crippen LogP contribution in [0, 0.1) is 11.3 Å². The summed E-state index contributed by atoms with van der Waals surface area (Å²) in [5, 5.41) is 9.43. The van der Waals surface area contributed by atoms with Crippen LogP contribution in [0.5, 0.6) is 11.5 Å². The van der Waals surface area contributed by atoms with Crippen molar-refractivity contribution in [3.05, 3.63) is 70.3 Å². The number of anilines is 1. The van der Waals surface area contributed by atoms with E-state index in [1.54, 1.807) is 38.6 Å². The summed E-state index contributed by atoms with van der Waals surface area (Å²) in [4.78, 5) is 21.9. The number of pyridine rings is 1. The van der Waals surface area contributed by atoms with Gasteiger partial charge in [0.1, 0.15) is 23.4 Å². The van der Waals surface area contributed by atoms with Crippen molar-refractivity contribution >= 4 is 27.7 Å². The van der Waals surface area contributed by atoms with Gasteiger partial charge in [0.2, 0.25) is 5.91 Å². The highest BCUT2D eigenvalue weighted by molar-refractivity contribution is 9.10. The summed E-state index contributed by atoms with van der Waals surface area (Å²) in [6.45, 7) is 2.29. The first-order valence-corrected chi connectivity index (χ1v) is 12.9. The van der Waals surface area contributed by atoms with Crippen molar-refractivity contribution in [2.75, 3.05) is 58.9 Å². The summed E-state index contributed by atoms with van der Waals surface area (Å²) < 4.78 is 22.7. The van der Waals surface area contributed by atoms with E-state index in [4.69, 9.17) is 18.9 Å². The summed E-state index contributed by atoms with van der Waals surface area (Å²) in [6, 6.07) is 17.2. The van der Waals surface area contributed by atoms with Gasteiger partial charge in [-0.15, -0.1) is 0 Å². The molecule has 2 aromatic carbocycles. The van der Waals surface area contributed by atoms with Crippen molar-refractivity contribution in [1.29, 1.82) is 5.26 Å². The first-order valence-electron chi connectivity index (χ1n) is 12.1. The lowest BCUT2D eigenvalue weighted by molar-refractivity contribution is -0.130. The summed E-state index contributed by atoms with van der Waals surface area (Å²) in [7, 11) is 3.10. The summed E-state index contributed by atoms with van der Waals surface area (Å²) in [5.41, 5.74) is 2.97. The van der Waals surface area contributed by atoms with Gasteiger partial charge in [-0.25, -0.2) is 4.98 Å². The minimum atomic E-state index is -0.0226. The van der Waals surface area contributed by atoms with Gasteiger partial charge in [0.15, 0.2) is 13.6 Å². The molecule has 1 amide bonds. The molecule has 1 aliphatic heterocycles. The number of aromatic nitrogens is 1. The standard InChI is InChI=1S/C28H29BrN4O5/c1-35-18-37-23-16-24(38-19-36-2)27(29)22(26(23)20-7-4-3-5-8-20)15-25(34)32-11-13-33(14-12-32)28-21(17-30)9-6-10-31-28/h3-10,16H,11-15,18-19H2,1-2H3. The van der Waals surface area contributed by atoms with E-state index >= 15 is 0 Å². The Labute approximate surface area is 230 Å². The molecule has 0 spiro atoms. The maximum atomic E-state index is 13.6. The summed E-state index contributed by atoms with van der Waals surface area (Å²) in [5.74, 6) is 1.67. The number of carbonyl (C=O) groups excluding carboxylic acids is 1. The van der Waals surface area contributed by atoms with Crippen LogP contribution in [0.4, 0.5) is 5.82 Å². The molecule has 0 N–H and O–H groups in total. The minimum absolute atomic E-state index is 0.0226. The number of rotatable bonds is 10. The third kappa shape index (κ3) is 6.25. The third-order valence-electron chi connectivity index (χ3n) is 6.19. The Bertz CT molecular complexity index is 1290. The van der Waals surface area contributed by atoms with Crippen LogP contribution >= 0.6 is 15.9 Å². The molecule has 3 aromatic rings. The average molecular weight is 581 g/mol. The Morgan fingerprint density at radius 3 is 2.34 bits per heavy atom. The molecule has 1 aliphatic rings. The molecular formula is C28H29BrN4O5. The van der Waals surface area contributed by atoms with E-state index in [1.165, 1.54) is 0 Å². The Kier molecular flexibility index (Phi) is 9.54. The molecule has 198 valence electrons. The van der Waals surface area contributed by atoms with E-state index in [9.17, 15) is 10.1 Å². The predicted octanol–water partition coefficient (Wildman–Crippen LogP) is 4.24. The quantitative estimate of drug-likeness (QED) is 0.328. The lowest BCUT2D eigenvalue weighted by atomic mass is 9.95. The first kappa shape index (κ1) is 27.4. The van der Waals surface area contributed by atoms with Crippen molar-refractivity contribution in [3.63, 3.8) is 0 Å². The Morgan fingerprint density at radius 2 is 1.68 bits per heavy atom. The molecule has 0 atom stereocenters. The smallest absolute Gasteiger partial charge is 0.227 e. The number of amides is 1. The van der Waals surface area contributed by atoms with Crippen LogP contribution in [-0.2, 0) is 20.7 Å². The predicted molar refractivity (Wildman–Crippen MR) is 146 cm³/mol. The maximum absolute atomic E-state index is 13.6. The van der Waals surface area contributed by atoms with Gasteiger partial charge in [-0.1, -0.05) is 30.3 Å². The molecule has 0 unspecified atom stereocenters. The Hall–Kier alpha value is -3.65. The van der Waals surface area contributed by atoms with Crippen LogP contribution in [0.25, 0.3) is 11.1 Å². The second-order valence-electron chi connectivity index (χ2n) is 8.54. The molecule has 9 nitrogen and oxygen atoms in total. The van der Waals surface area contributed by atoms with Gasteiger partial charge >= 0.3 is 0 Å². The van der Waals surface area contributed by atoms with E-state index in [2.05, 4.69) is 27.0 Å². The summed E-state index contributed by atoms with van der Waals surface area (Å²) in [6.07, 6.45) is 1.81. The highest BCUT2D eigenvalue weighted by Gasteiger charge is 2.27. The fraction of sp³-hybridized carbons (Fsp3) is 0.321. The van der Waals surface area contributed by atoms with Crippen molar-refractivity contribution in [2.24, 2.45) is 0 Å².